The third-order valence-corrected chi connectivity index (χ3v) is 4.11. The van der Waals surface area contributed by atoms with Crippen LogP contribution in [0.3, 0.4) is 0 Å². The normalized spacial score (nSPS) is 18.1. The number of rotatable bonds is 5. The topological polar surface area (TPSA) is 58.2 Å². The number of benzene rings is 1. The highest BCUT2D eigenvalue weighted by Crippen LogP contribution is 2.23. The summed E-state index contributed by atoms with van der Waals surface area (Å²) < 4.78 is 5.88. The summed E-state index contributed by atoms with van der Waals surface area (Å²) in [6.45, 7) is 4.21. The number of hydrogen-bond acceptors (Lipinski definition) is 4. The van der Waals surface area contributed by atoms with Crippen molar-refractivity contribution in [3.05, 3.63) is 58.0 Å². The monoisotopic (exact) mass is 313 g/mol. The van der Waals surface area contributed by atoms with Gasteiger partial charge in [-0.1, -0.05) is 43.7 Å². The highest BCUT2D eigenvalue weighted by Gasteiger charge is 2.23. The van der Waals surface area contributed by atoms with E-state index in [-0.39, 0.29) is 11.7 Å². The predicted molar refractivity (Wildman–Crippen MR) is 90.8 cm³/mol. The number of aromatic amines is 1. The van der Waals surface area contributed by atoms with E-state index in [1.165, 1.54) is 0 Å². The van der Waals surface area contributed by atoms with Crippen LogP contribution in [0.2, 0.25) is 0 Å². The van der Waals surface area contributed by atoms with Gasteiger partial charge in [0.05, 0.1) is 13.2 Å². The van der Waals surface area contributed by atoms with Crippen LogP contribution in [0.15, 0.2) is 41.2 Å². The van der Waals surface area contributed by atoms with Crippen LogP contribution in [0.1, 0.15) is 37.1 Å². The predicted octanol–water partition coefficient (Wildman–Crippen LogP) is 2.69. The van der Waals surface area contributed by atoms with Crippen molar-refractivity contribution in [3.8, 4) is 0 Å². The van der Waals surface area contributed by atoms with Gasteiger partial charge in [0.15, 0.2) is 0 Å². The molecule has 0 bridgehead atoms. The van der Waals surface area contributed by atoms with Gasteiger partial charge in [0.2, 0.25) is 5.95 Å². The smallest absolute Gasteiger partial charge is 0.252 e. The van der Waals surface area contributed by atoms with Crippen molar-refractivity contribution >= 4 is 5.95 Å². The van der Waals surface area contributed by atoms with Crippen LogP contribution in [0.4, 0.5) is 5.95 Å². The maximum atomic E-state index is 11.9. The van der Waals surface area contributed by atoms with Crippen molar-refractivity contribution in [2.45, 2.75) is 32.3 Å². The number of nitrogens with one attached hydrogen (secondary N) is 1. The first-order chi connectivity index (χ1) is 11.3. The molecule has 0 aliphatic carbocycles. The van der Waals surface area contributed by atoms with E-state index in [1.54, 1.807) is 6.07 Å². The van der Waals surface area contributed by atoms with Gasteiger partial charge in [0.25, 0.3) is 5.56 Å². The van der Waals surface area contributed by atoms with Gasteiger partial charge < -0.3 is 9.64 Å². The zero-order valence-electron chi connectivity index (χ0n) is 13.5. The molecule has 3 rings (SSSR count). The Bertz CT molecular complexity index is 684. The summed E-state index contributed by atoms with van der Waals surface area (Å²) in [5, 5.41) is 0. The lowest BCUT2D eigenvalue weighted by Crippen LogP contribution is -2.40. The van der Waals surface area contributed by atoms with Gasteiger partial charge in [-0.05, 0) is 18.4 Å². The number of nitrogens with zero attached hydrogens (tertiary/aromatic N) is 2. The fourth-order valence-electron chi connectivity index (χ4n) is 2.84. The molecule has 0 radical (unpaired) electrons. The lowest BCUT2D eigenvalue weighted by molar-refractivity contribution is 0.0392. The van der Waals surface area contributed by atoms with Crippen LogP contribution in [0.25, 0.3) is 0 Å². The number of aryl methyl sites for hydroxylation is 1. The molecule has 1 aromatic heterocycles. The minimum Gasteiger partial charge on any atom is -0.370 e. The number of anilines is 1. The van der Waals surface area contributed by atoms with E-state index >= 15 is 0 Å². The first-order valence-electron chi connectivity index (χ1n) is 8.28. The molecule has 1 aliphatic heterocycles. The van der Waals surface area contributed by atoms with Crippen LogP contribution in [-0.4, -0.2) is 29.7 Å². The van der Waals surface area contributed by atoms with E-state index in [9.17, 15) is 4.79 Å². The molecule has 1 saturated heterocycles. The Kier molecular flexibility index (Phi) is 5.08. The van der Waals surface area contributed by atoms with Crippen molar-refractivity contribution in [1.82, 2.24) is 9.97 Å². The number of hydrogen-bond donors (Lipinski definition) is 1. The first-order valence-corrected chi connectivity index (χ1v) is 8.28. The van der Waals surface area contributed by atoms with Gasteiger partial charge in [-0.25, -0.2) is 4.98 Å². The van der Waals surface area contributed by atoms with E-state index in [0.717, 1.165) is 37.1 Å². The third-order valence-electron chi connectivity index (χ3n) is 4.11. The molecule has 1 atom stereocenters. The second kappa shape index (κ2) is 7.42. The molecule has 0 saturated carbocycles. The van der Waals surface area contributed by atoms with E-state index in [1.807, 2.05) is 18.2 Å². The zero-order chi connectivity index (χ0) is 16.1. The third kappa shape index (κ3) is 3.99. The molecule has 122 valence electrons. The highest BCUT2D eigenvalue weighted by atomic mass is 16.5. The summed E-state index contributed by atoms with van der Waals surface area (Å²) in [7, 11) is 0. The molecule has 23 heavy (non-hydrogen) atoms. The summed E-state index contributed by atoms with van der Waals surface area (Å²) >= 11 is 0. The molecule has 1 aromatic carbocycles. The second-order valence-corrected chi connectivity index (χ2v) is 5.88. The molecular formula is C18H23N3O2. The molecule has 1 fully saturated rings. The number of unbranched alkanes of at least 4 members (excludes halogenated alkanes) is 1. The Morgan fingerprint density at radius 1 is 1.35 bits per heavy atom. The molecule has 1 N–H and O–H groups in total. The van der Waals surface area contributed by atoms with Gasteiger partial charge in [0.1, 0.15) is 6.10 Å². The quantitative estimate of drug-likeness (QED) is 0.922. The fraction of sp³-hybridized carbons (Fsp3) is 0.444. The minimum atomic E-state index is -0.0798. The Labute approximate surface area is 136 Å². The molecule has 5 nitrogen and oxygen atoms in total. The summed E-state index contributed by atoms with van der Waals surface area (Å²) in [6, 6.07) is 11.8. The highest BCUT2D eigenvalue weighted by molar-refractivity contribution is 5.33. The molecule has 5 heteroatoms. The van der Waals surface area contributed by atoms with Crippen LogP contribution >= 0.6 is 0 Å². The average Bonchev–Trinajstić information content (AvgIpc) is 2.60. The molecule has 1 aliphatic rings. The van der Waals surface area contributed by atoms with Gasteiger partial charge >= 0.3 is 0 Å². The number of H-pyrrole nitrogens is 1. The van der Waals surface area contributed by atoms with Crippen molar-refractivity contribution < 1.29 is 4.74 Å². The van der Waals surface area contributed by atoms with Gasteiger partial charge in [0, 0.05) is 18.3 Å². The summed E-state index contributed by atoms with van der Waals surface area (Å²) in [5.74, 6) is 0.660. The summed E-state index contributed by atoms with van der Waals surface area (Å²) in [6.07, 6.45) is 3.00. The Morgan fingerprint density at radius 3 is 2.96 bits per heavy atom. The van der Waals surface area contributed by atoms with Crippen LogP contribution in [0, 0.1) is 0 Å². The van der Waals surface area contributed by atoms with Crippen molar-refractivity contribution in [1.29, 1.82) is 0 Å². The van der Waals surface area contributed by atoms with Crippen LogP contribution in [0.5, 0.6) is 0 Å². The fourth-order valence-corrected chi connectivity index (χ4v) is 2.84. The zero-order valence-corrected chi connectivity index (χ0v) is 13.5. The van der Waals surface area contributed by atoms with Gasteiger partial charge in [-0.15, -0.1) is 0 Å². The Morgan fingerprint density at radius 2 is 2.17 bits per heavy atom. The van der Waals surface area contributed by atoms with Gasteiger partial charge in [-0.3, -0.25) is 9.78 Å². The molecule has 2 heterocycles. The molecule has 2 aromatic rings. The summed E-state index contributed by atoms with van der Waals surface area (Å²) in [5.41, 5.74) is 1.94. The molecule has 0 amide bonds. The van der Waals surface area contributed by atoms with Gasteiger partial charge in [-0.2, -0.15) is 0 Å². The lowest BCUT2D eigenvalue weighted by Gasteiger charge is -2.33. The molecular weight excluding hydrogens is 290 g/mol. The SMILES string of the molecule is CCCCc1cc(=O)[nH]c(N2CCO[C@@H](c3ccccc3)C2)n1. The van der Waals surface area contributed by atoms with Crippen molar-refractivity contribution in [2.24, 2.45) is 0 Å². The molecule has 0 spiro atoms. The van der Waals surface area contributed by atoms with E-state index < -0.39 is 0 Å². The largest absolute Gasteiger partial charge is 0.370 e. The lowest BCUT2D eigenvalue weighted by atomic mass is 10.1. The number of aromatic nitrogens is 2. The van der Waals surface area contributed by atoms with E-state index in [4.69, 9.17) is 4.74 Å². The Balaban J connectivity index is 1.78. The first kappa shape index (κ1) is 15.7. The van der Waals surface area contributed by atoms with Crippen LogP contribution < -0.4 is 10.5 Å². The van der Waals surface area contributed by atoms with Crippen LogP contribution in [-0.2, 0) is 11.2 Å². The Hall–Kier alpha value is -2.14. The number of morpholine rings is 1. The standard InChI is InChI=1S/C18H23N3O2/c1-2-3-9-15-12-17(22)20-18(19-15)21-10-11-23-16(13-21)14-7-5-4-6-8-14/h4-8,12,16H,2-3,9-11,13H2,1H3,(H,19,20,22)/t16-/m1/s1. The maximum absolute atomic E-state index is 11.9. The minimum absolute atomic E-state index is 0.00884. The average molecular weight is 313 g/mol. The van der Waals surface area contributed by atoms with Crippen molar-refractivity contribution in [2.75, 3.05) is 24.6 Å². The van der Waals surface area contributed by atoms with E-state index in [2.05, 4.69) is 33.9 Å². The molecule has 0 unspecified atom stereocenters. The maximum Gasteiger partial charge on any atom is 0.252 e. The summed E-state index contributed by atoms with van der Waals surface area (Å²) in [4.78, 5) is 21.5. The van der Waals surface area contributed by atoms with Crippen molar-refractivity contribution in [3.63, 3.8) is 0 Å². The number of ether oxygens (including phenoxy) is 1. The van der Waals surface area contributed by atoms with E-state index in [0.29, 0.717) is 19.1 Å². The second-order valence-electron chi connectivity index (χ2n) is 5.88.